The molecule has 0 amide bonds. The van der Waals surface area contributed by atoms with E-state index >= 15 is 0 Å². The summed E-state index contributed by atoms with van der Waals surface area (Å²) in [6, 6.07) is 9.56. The molecule has 22 heavy (non-hydrogen) atoms. The Morgan fingerprint density at radius 2 is 1.95 bits per heavy atom. The number of benzene rings is 1. The van der Waals surface area contributed by atoms with Crippen molar-refractivity contribution in [2.45, 2.75) is 39.0 Å². The van der Waals surface area contributed by atoms with Crippen LogP contribution in [0.4, 0.5) is 0 Å². The van der Waals surface area contributed by atoms with Crippen molar-refractivity contribution in [3.63, 3.8) is 0 Å². The van der Waals surface area contributed by atoms with Gasteiger partial charge < -0.3 is 9.15 Å². The fraction of sp³-hybridized carbons (Fsp3) is 0.444. The summed E-state index contributed by atoms with van der Waals surface area (Å²) >= 11 is 0. The third-order valence-corrected chi connectivity index (χ3v) is 4.19. The van der Waals surface area contributed by atoms with Gasteiger partial charge in [0.25, 0.3) is 0 Å². The summed E-state index contributed by atoms with van der Waals surface area (Å²) in [6.07, 6.45) is 6.08. The molecule has 0 aliphatic heterocycles. The van der Waals surface area contributed by atoms with Crippen LogP contribution in [-0.4, -0.2) is 17.6 Å². The lowest BCUT2D eigenvalue weighted by molar-refractivity contribution is 0.0402. The first-order chi connectivity index (χ1) is 10.7. The molecule has 4 nitrogen and oxygen atoms in total. The second-order valence-corrected chi connectivity index (χ2v) is 5.89. The number of rotatable bonds is 4. The molecule has 1 saturated carbocycles. The van der Waals surface area contributed by atoms with Crippen molar-refractivity contribution in [2.24, 2.45) is 5.92 Å². The Bertz CT molecular complexity index is 627. The Balaban J connectivity index is 1.66. The minimum absolute atomic E-state index is 0.287. The van der Waals surface area contributed by atoms with E-state index in [9.17, 15) is 4.79 Å². The maximum absolute atomic E-state index is 12.2. The Kier molecular flexibility index (Phi) is 4.56. The normalized spacial score (nSPS) is 15.7. The highest BCUT2D eigenvalue weighted by Crippen LogP contribution is 2.25. The maximum Gasteiger partial charge on any atom is 0.360 e. The quantitative estimate of drug-likeness (QED) is 0.786. The van der Waals surface area contributed by atoms with E-state index < -0.39 is 0 Å². The summed E-state index contributed by atoms with van der Waals surface area (Å²) in [5, 5.41) is 0. The summed E-state index contributed by atoms with van der Waals surface area (Å²) < 4.78 is 11.0. The molecule has 1 aromatic heterocycles. The van der Waals surface area contributed by atoms with Gasteiger partial charge in [-0.15, -0.1) is 0 Å². The number of carbonyl (C=O) groups excluding carboxylic acids is 1. The third-order valence-electron chi connectivity index (χ3n) is 4.19. The molecule has 1 heterocycles. The lowest BCUT2D eigenvalue weighted by Gasteiger charge is -2.20. The highest BCUT2D eigenvalue weighted by molar-refractivity contribution is 5.88. The van der Waals surface area contributed by atoms with Crippen LogP contribution in [-0.2, 0) is 4.74 Å². The van der Waals surface area contributed by atoms with E-state index in [4.69, 9.17) is 9.15 Å². The van der Waals surface area contributed by atoms with Crippen LogP contribution in [0.15, 0.2) is 34.7 Å². The van der Waals surface area contributed by atoms with E-state index in [2.05, 4.69) is 4.98 Å². The molecule has 2 aromatic rings. The fourth-order valence-electron chi connectivity index (χ4n) is 2.91. The van der Waals surface area contributed by atoms with E-state index in [1.54, 1.807) is 6.92 Å². The van der Waals surface area contributed by atoms with Crippen LogP contribution in [0.2, 0.25) is 0 Å². The van der Waals surface area contributed by atoms with Crippen molar-refractivity contribution in [1.82, 2.24) is 4.98 Å². The monoisotopic (exact) mass is 299 g/mol. The van der Waals surface area contributed by atoms with Crippen LogP contribution in [0.25, 0.3) is 11.5 Å². The molecule has 1 aliphatic carbocycles. The largest absolute Gasteiger partial charge is 0.461 e. The molecule has 116 valence electrons. The van der Waals surface area contributed by atoms with Crippen molar-refractivity contribution in [2.75, 3.05) is 6.61 Å². The minimum atomic E-state index is -0.381. The number of esters is 1. The number of carbonyl (C=O) groups is 1. The van der Waals surface area contributed by atoms with E-state index in [0.717, 1.165) is 18.4 Å². The van der Waals surface area contributed by atoms with E-state index in [1.807, 2.05) is 30.3 Å². The number of hydrogen-bond donors (Lipinski definition) is 0. The predicted octanol–water partition coefficient (Wildman–Crippen LogP) is 4.39. The molecule has 0 radical (unpaired) electrons. The Hall–Kier alpha value is -2.10. The Labute approximate surface area is 130 Å². The molecule has 0 bridgehead atoms. The van der Waals surface area contributed by atoms with Gasteiger partial charge >= 0.3 is 5.97 Å². The van der Waals surface area contributed by atoms with Crippen LogP contribution in [0.3, 0.4) is 0 Å². The zero-order chi connectivity index (χ0) is 15.4. The van der Waals surface area contributed by atoms with Gasteiger partial charge in [0.1, 0.15) is 5.76 Å². The predicted molar refractivity (Wildman–Crippen MR) is 83.5 cm³/mol. The number of aromatic nitrogens is 1. The molecule has 0 spiro atoms. The van der Waals surface area contributed by atoms with Gasteiger partial charge in [-0.1, -0.05) is 37.5 Å². The molecule has 0 saturated heterocycles. The van der Waals surface area contributed by atoms with Gasteiger partial charge in [0, 0.05) is 5.56 Å². The second kappa shape index (κ2) is 6.77. The summed E-state index contributed by atoms with van der Waals surface area (Å²) in [6.45, 7) is 2.24. The van der Waals surface area contributed by atoms with Gasteiger partial charge in [0.15, 0.2) is 5.69 Å². The van der Waals surface area contributed by atoms with Gasteiger partial charge in [-0.25, -0.2) is 9.78 Å². The molecule has 3 rings (SSSR count). The molecular weight excluding hydrogens is 278 g/mol. The van der Waals surface area contributed by atoms with Crippen LogP contribution in [0, 0.1) is 12.8 Å². The lowest BCUT2D eigenvalue weighted by atomic mass is 9.90. The van der Waals surface area contributed by atoms with E-state index in [1.165, 1.54) is 19.3 Å². The molecule has 1 aromatic carbocycles. The molecule has 0 atom stereocenters. The maximum atomic E-state index is 12.2. The zero-order valence-electron chi connectivity index (χ0n) is 12.9. The van der Waals surface area contributed by atoms with Gasteiger partial charge in [-0.2, -0.15) is 0 Å². The first-order valence-corrected chi connectivity index (χ1v) is 7.94. The van der Waals surface area contributed by atoms with Crippen molar-refractivity contribution < 1.29 is 13.9 Å². The van der Waals surface area contributed by atoms with Crippen molar-refractivity contribution >= 4 is 5.97 Å². The summed E-state index contributed by atoms with van der Waals surface area (Å²) in [5.74, 6) is 1.09. The van der Waals surface area contributed by atoms with Crippen LogP contribution < -0.4 is 0 Å². The van der Waals surface area contributed by atoms with Crippen molar-refractivity contribution in [3.05, 3.63) is 41.8 Å². The first-order valence-electron chi connectivity index (χ1n) is 7.94. The van der Waals surface area contributed by atoms with Gasteiger partial charge in [-0.3, -0.25) is 0 Å². The number of aryl methyl sites for hydroxylation is 1. The van der Waals surface area contributed by atoms with Gasteiger partial charge in [0.05, 0.1) is 6.61 Å². The number of oxazole rings is 1. The lowest BCUT2D eigenvalue weighted by Crippen LogP contribution is -2.17. The summed E-state index contributed by atoms with van der Waals surface area (Å²) in [4.78, 5) is 16.5. The minimum Gasteiger partial charge on any atom is -0.461 e. The SMILES string of the molecule is Cc1oc(-c2ccccc2)nc1C(=O)OCC1CCCCC1. The zero-order valence-corrected chi connectivity index (χ0v) is 12.9. The highest BCUT2D eigenvalue weighted by atomic mass is 16.5. The second-order valence-electron chi connectivity index (χ2n) is 5.89. The van der Waals surface area contributed by atoms with Crippen molar-refractivity contribution in [1.29, 1.82) is 0 Å². The van der Waals surface area contributed by atoms with Crippen LogP contribution in [0.1, 0.15) is 48.4 Å². The number of hydrogen-bond acceptors (Lipinski definition) is 4. The molecular formula is C18H21NO3. The van der Waals surface area contributed by atoms with Crippen LogP contribution >= 0.6 is 0 Å². The average Bonchev–Trinajstić information content (AvgIpc) is 2.96. The highest BCUT2D eigenvalue weighted by Gasteiger charge is 2.21. The fourth-order valence-corrected chi connectivity index (χ4v) is 2.91. The van der Waals surface area contributed by atoms with Gasteiger partial charge in [-0.05, 0) is 37.8 Å². The first kappa shape index (κ1) is 14.8. The number of ether oxygens (including phenoxy) is 1. The smallest absolute Gasteiger partial charge is 0.360 e. The van der Waals surface area contributed by atoms with Crippen LogP contribution in [0.5, 0.6) is 0 Å². The molecule has 0 N–H and O–H groups in total. The topological polar surface area (TPSA) is 52.3 Å². The third kappa shape index (κ3) is 3.38. The standard InChI is InChI=1S/C18H21NO3/c1-13-16(18(20)21-12-14-8-4-2-5-9-14)19-17(22-13)15-10-6-3-7-11-15/h3,6-7,10-11,14H,2,4-5,8-9,12H2,1H3. The van der Waals surface area contributed by atoms with Gasteiger partial charge in [0.2, 0.25) is 5.89 Å². The molecule has 1 fully saturated rings. The summed E-state index contributed by atoms with van der Waals surface area (Å²) in [7, 11) is 0. The molecule has 1 aliphatic rings. The number of nitrogens with zero attached hydrogens (tertiary/aromatic N) is 1. The summed E-state index contributed by atoms with van der Waals surface area (Å²) in [5.41, 5.74) is 1.14. The van der Waals surface area contributed by atoms with Crippen molar-refractivity contribution in [3.8, 4) is 11.5 Å². The molecule has 0 unspecified atom stereocenters. The van der Waals surface area contributed by atoms with E-state index in [0.29, 0.717) is 24.2 Å². The average molecular weight is 299 g/mol. The Morgan fingerprint density at radius 1 is 1.23 bits per heavy atom. The molecule has 4 heteroatoms. The Morgan fingerprint density at radius 3 is 2.68 bits per heavy atom. The van der Waals surface area contributed by atoms with E-state index in [-0.39, 0.29) is 11.7 Å².